The Kier molecular flexibility index (Phi) is 4.62. The number of hydrogen-bond donors (Lipinski definition) is 1. The zero-order chi connectivity index (χ0) is 12.1. The van der Waals surface area contributed by atoms with Crippen molar-refractivity contribution in [1.82, 2.24) is 0 Å². The predicted molar refractivity (Wildman–Crippen MR) is 66.1 cm³/mol. The topological polar surface area (TPSA) is 44.5 Å². The third-order valence-electron chi connectivity index (χ3n) is 2.77. The first-order valence-corrected chi connectivity index (χ1v) is 5.62. The Morgan fingerprint density at radius 3 is 2.25 bits per heavy atom. The van der Waals surface area contributed by atoms with Gasteiger partial charge in [0, 0.05) is 6.04 Å². The SMILES string of the molecule is CCCC(N)c1cc(OC)c(OC)cc1C. The maximum absolute atomic E-state index is 6.13. The van der Waals surface area contributed by atoms with Crippen molar-refractivity contribution in [2.45, 2.75) is 32.7 Å². The van der Waals surface area contributed by atoms with Crippen LogP contribution in [0.5, 0.6) is 11.5 Å². The fourth-order valence-corrected chi connectivity index (χ4v) is 1.86. The van der Waals surface area contributed by atoms with Crippen molar-refractivity contribution in [2.75, 3.05) is 14.2 Å². The highest BCUT2D eigenvalue weighted by molar-refractivity contribution is 5.47. The zero-order valence-corrected chi connectivity index (χ0v) is 10.5. The number of ether oxygens (including phenoxy) is 2. The quantitative estimate of drug-likeness (QED) is 0.834. The number of hydrogen-bond acceptors (Lipinski definition) is 3. The normalized spacial score (nSPS) is 12.3. The fraction of sp³-hybridized carbons (Fsp3) is 0.538. The van der Waals surface area contributed by atoms with E-state index in [-0.39, 0.29) is 6.04 Å². The monoisotopic (exact) mass is 223 g/mol. The molecule has 2 N–H and O–H groups in total. The second-order valence-electron chi connectivity index (χ2n) is 3.96. The standard InChI is InChI=1S/C13H21NO2/c1-5-6-11(14)10-8-13(16-4)12(15-3)7-9(10)2/h7-8,11H,5-6,14H2,1-4H3. The van der Waals surface area contributed by atoms with Gasteiger partial charge in [0.15, 0.2) is 11.5 Å². The van der Waals surface area contributed by atoms with E-state index in [1.165, 1.54) is 0 Å². The summed E-state index contributed by atoms with van der Waals surface area (Å²) in [4.78, 5) is 0. The summed E-state index contributed by atoms with van der Waals surface area (Å²) in [5.41, 5.74) is 8.42. The molecule has 0 aliphatic carbocycles. The molecule has 1 rings (SSSR count). The minimum Gasteiger partial charge on any atom is -0.493 e. The van der Waals surface area contributed by atoms with Crippen molar-refractivity contribution in [3.05, 3.63) is 23.3 Å². The fourth-order valence-electron chi connectivity index (χ4n) is 1.86. The third kappa shape index (κ3) is 2.67. The highest BCUT2D eigenvalue weighted by atomic mass is 16.5. The number of rotatable bonds is 5. The van der Waals surface area contributed by atoms with Crippen molar-refractivity contribution >= 4 is 0 Å². The molecule has 1 aromatic rings. The molecule has 0 spiro atoms. The summed E-state index contributed by atoms with van der Waals surface area (Å²) in [5.74, 6) is 1.50. The van der Waals surface area contributed by atoms with Gasteiger partial charge in [-0.2, -0.15) is 0 Å². The minimum atomic E-state index is 0.0739. The van der Waals surface area contributed by atoms with E-state index in [0.717, 1.165) is 35.5 Å². The Balaban J connectivity index is 3.10. The van der Waals surface area contributed by atoms with Crippen LogP contribution in [-0.2, 0) is 0 Å². The van der Waals surface area contributed by atoms with Crippen LogP contribution in [0.25, 0.3) is 0 Å². The second-order valence-corrected chi connectivity index (χ2v) is 3.96. The molecule has 0 saturated carbocycles. The molecule has 0 radical (unpaired) electrons. The first-order valence-electron chi connectivity index (χ1n) is 5.62. The van der Waals surface area contributed by atoms with Gasteiger partial charge in [0.05, 0.1) is 14.2 Å². The van der Waals surface area contributed by atoms with Crippen LogP contribution in [0.3, 0.4) is 0 Å². The first kappa shape index (κ1) is 12.8. The summed E-state index contributed by atoms with van der Waals surface area (Å²) in [5, 5.41) is 0. The van der Waals surface area contributed by atoms with Crippen LogP contribution < -0.4 is 15.2 Å². The molecule has 16 heavy (non-hydrogen) atoms. The molecule has 1 unspecified atom stereocenters. The molecule has 0 fully saturated rings. The van der Waals surface area contributed by atoms with Crippen molar-refractivity contribution in [2.24, 2.45) is 5.73 Å². The van der Waals surface area contributed by atoms with E-state index in [9.17, 15) is 0 Å². The summed E-state index contributed by atoms with van der Waals surface area (Å²) in [6.07, 6.45) is 2.06. The van der Waals surface area contributed by atoms with Crippen LogP contribution in [-0.4, -0.2) is 14.2 Å². The van der Waals surface area contributed by atoms with Crippen molar-refractivity contribution in [1.29, 1.82) is 0 Å². The lowest BCUT2D eigenvalue weighted by Gasteiger charge is -2.17. The molecule has 0 saturated heterocycles. The highest BCUT2D eigenvalue weighted by Crippen LogP contribution is 2.33. The average Bonchev–Trinajstić information content (AvgIpc) is 2.28. The summed E-state index contributed by atoms with van der Waals surface area (Å²) in [6.45, 7) is 4.18. The van der Waals surface area contributed by atoms with Gasteiger partial charge in [-0.15, -0.1) is 0 Å². The Bertz CT molecular complexity index is 350. The average molecular weight is 223 g/mol. The molecular formula is C13H21NO2. The van der Waals surface area contributed by atoms with Gasteiger partial charge in [-0.05, 0) is 36.6 Å². The summed E-state index contributed by atoms with van der Waals surface area (Å²) in [6, 6.07) is 4.03. The molecule has 0 heterocycles. The van der Waals surface area contributed by atoms with E-state index in [2.05, 4.69) is 6.92 Å². The van der Waals surface area contributed by atoms with Gasteiger partial charge < -0.3 is 15.2 Å². The number of methoxy groups -OCH3 is 2. The molecule has 0 aliphatic heterocycles. The van der Waals surface area contributed by atoms with Gasteiger partial charge in [0.1, 0.15) is 0 Å². The first-order chi connectivity index (χ1) is 7.63. The Labute approximate surface area is 97.6 Å². The van der Waals surface area contributed by atoms with E-state index < -0.39 is 0 Å². The maximum atomic E-state index is 6.13. The van der Waals surface area contributed by atoms with Crippen LogP contribution in [0.1, 0.15) is 36.9 Å². The van der Waals surface area contributed by atoms with Crippen molar-refractivity contribution in [3.63, 3.8) is 0 Å². The van der Waals surface area contributed by atoms with Gasteiger partial charge in [-0.3, -0.25) is 0 Å². The van der Waals surface area contributed by atoms with Crippen LogP contribution >= 0.6 is 0 Å². The molecule has 0 bridgehead atoms. The Morgan fingerprint density at radius 2 is 1.75 bits per heavy atom. The van der Waals surface area contributed by atoms with E-state index in [0.29, 0.717) is 0 Å². The van der Waals surface area contributed by atoms with Gasteiger partial charge in [0.2, 0.25) is 0 Å². The predicted octanol–water partition coefficient (Wildman–Crippen LogP) is 2.81. The van der Waals surface area contributed by atoms with E-state index in [1.807, 2.05) is 19.1 Å². The number of nitrogens with two attached hydrogens (primary N) is 1. The van der Waals surface area contributed by atoms with Gasteiger partial charge in [0.25, 0.3) is 0 Å². The minimum absolute atomic E-state index is 0.0739. The molecule has 0 amide bonds. The lowest BCUT2D eigenvalue weighted by atomic mass is 9.98. The smallest absolute Gasteiger partial charge is 0.161 e. The molecule has 0 aliphatic rings. The largest absolute Gasteiger partial charge is 0.493 e. The molecular weight excluding hydrogens is 202 g/mol. The Morgan fingerprint density at radius 1 is 1.19 bits per heavy atom. The van der Waals surface area contributed by atoms with Crippen LogP contribution in [0, 0.1) is 6.92 Å². The van der Waals surface area contributed by atoms with Crippen molar-refractivity contribution < 1.29 is 9.47 Å². The van der Waals surface area contributed by atoms with Gasteiger partial charge in [-0.25, -0.2) is 0 Å². The molecule has 1 aromatic carbocycles. The van der Waals surface area contributed by atoms with Gasteiger partial charge in [-0.1, -0.05) is 13.3 Å². The maximum Gasteiger partial charge on any atom is 0.161 e. The van der Waals surface area contributed by atoms with E-state index >= 15 is 0 Å². The van der Waals surface area contributed by atoms with Crippen LogP contribution in [0.4, 0.5) is 0 Å². The van der Waals surface area contributed by atoms with Crippen molar-refractivity contribution in [3.8, 4) is 11.5 Å². The Hall–Kier alpha value is -1.22. The molecule has 0 aromatic heterocycles. The lowest BCUT2D eigenvalue weighted by molar-refractivity contribution is 0.353. The molecule has 3 heteroatoms. The summed E-state index contributed by atoms with van der Waals surface area (Å²) < 4.78 is 10.5. The molecule has 1 atom stereocenters. The van der Waals surface area contributed by atoms with Crippen LogP contribution in [0.2, 0.25) is 0 Å². The highest BCUT2D eigenvalue weighted by Gasteiger charge is 2.13. The second kappa shape index (κ2) is 5.75. The van der Waals surface area contributed by atoms with Gasteiger partial charge >= 0.3 is 0 Å². The van der Waals surface area contributed by atoms with E-state index in [1.54, 1.807) is 14.2 Å². The van der Waals surface area contributed by atoms with E-state index in [4.69, 9.17) is 15.2 Å². The van der Waals surface area contributed by atoms with Crippen LogP contribution in [0.15, 0.2) is 12.1 Å². The summed E-state index contributed by atoms with van der Waals surface area (Å²) >= 11 is 0. The third-order valence-corrected chi connectivity index (χ3v) is 2.77. The number of aryl methyl sites for hydroxylation is 1. The summed E-state index contributed by atoms with van der Waals surface area (Å²) in [7, 11) is 3.28. The zero-order valence-electron chi connectivity index (χ0n) is 10.5. The molecule has 3 nitrogen and oxygen atoms in total. The lowest BCUT2D eigenvalue weighted by Crippen LogP contribution is -2.11. The molecule has 90 valence electrons. The number of benzene rings is 1.